The van der Waals surface area contributed by atoms with Crippen LogP contribution in [0.15, 0.2) is 194 Å². The van der Waals surface area contributed by atoms with Crippen LogP contribution in [-0.2, 0) is 44.5 Å². The molecule has 15 rings (SSSR count). The molecular weight excluding hydrogens is 1670 g/mol. The number of ether oxygens (including phenoxy) is 3. The Morgan fingerprint density at radius 1 is 0.451 bits per heavy atom. The Morgan fingerprint density at radius 3 is 1.24 bits per heavy atom. The second kappa shape index (κ2) is 37.3. The maximum absolute atomic E-state index is 13.9. The molecule has 3 spiro atoms. The Hall–Kier alpha value is -11.2. The summed E-state index contributed by atoms with van der Waals surface area (Å²) in [4.78, 5) is 96.8. The van der Waals surface area contributed by atoms with E-state index < -0.39 is 61.5 Å². The van der Waals surface area contributed by atoms with Crippen LogP contribution in [0.25, 0.3) is 0 Å². The predicted octanol–water partition coefficient (Wildman–Crippen LogP) is 15.2. The number of nitrogens with two attached hydrogens (primary N) is 3. The molecular formula is C89H89Cl3F3N11O14S2. The molecule has 33 heteroatoms. The van der Waals surface area contributed by atoms with Gasteiger partial charge >= 0.3 is 0 Å². The van der Waals surface area contributed by atoms with Crippen LogP contribution in [0, 0.1) is 33.7 Å². The number of carbonyl (C=O) groups is 7. The zero-order chi connectivity index (χ0) is 87.2. The van der Waals surface area contributed by atoms with E-state index in [1.165, 1.54) is 51.7 Å². The molecule has 9 aromatic rings. The van der Waals surface area contributed by atoms with Crippen molar-refractivity contribution in [3.05, 3.63) is 276 Å². The summed E-state index contributed by atoms with van der Waals surface area (Å²) in [7, 11) is -3.42. The molecule has 9 aromatic carbocycles. The quantitative estimate of drug-likeness (QED) is 0.0393. The lowest BCUT2D eigenvalue weighted by molar-refractivity contribution is -0.113. The van der Waals surface area contributed by atoms with Gasteiger partial charge in [-0.2, -0.15) is 26.3 Å². The maximum atomic E-state index is 13.9. The highest BCUT2D eigenvalue weighted by molar-refractivity contribution is 7.87. The SMILES string of the molecule is COc1cc(C(=O)N2CCC3(CCCC3NS(N)(=O)=O)Cc3ccccc32)ccc1NC(=O)c1cc(F)ccc1Cl.COc1cc(C(=O)N2CC[C@@]3(CCC(=CC(N)=O)C3)Cc3ccccc32)ccc1NC(=O)c1cc(F)ccc1Cl.COc1cc(C(=O)N2CC[C@@]3(CC[C@H](NS(N)(=O)=O)C3)Cc3ccccc32)ccc1NC(=O)c1cc(F)ccc1Cl. The average Bonchev–Trinajstić information content (AvgIpc) is 1.49. The number of hydrogen-bond donors (Lipinski definition) is 8. The van der Waals surface area contributed by atoms with Gasteiger partial charge in [-0.3, -0.25) is 33.6 Å². The number of carbonyl (C=O) groups excluding carboxylic acids is 7. The van der Waals surface area contributed by atoms with Crippen molar-refractivity contribution in [2.45, 2.75) is 108 Å². The molecule has 122 heavy (non-hydrogen) atoms. The van der Waals surface area contributed by atoms with Crippen LogP contribution >= 0.6 is 34.8 Å². The van der Waals surface area contributed by atoms with Crippen molar-refractivity contribution in [3.63, 3.8) is 0 Å². The van der Waals surface area contributed by atoms with Crippen LogP contribution in [0.5, 0.6) is 17.2 Å². The van der Waals surface area contributed by atoms with E-state index in [1.54, 1.807) is 69.3 Å². The number of methoxy groups -OCH3 is 3. The van der Waals surface area contributed by atoms with Gasteiger partial charge in [0.15, 0.2) is 0 Å². The standard InChI is InChI=1S/C31H29ClFN3O4.2C29H30ClFN4O5S/c1-40-27-15-20(6-9-25(27)35-29(38)23-16-22(33)7-8-24(23)32)30(39)36-13-12-31(11-10-19(17-31)14-28(34)37)18-21-4-2-3-5-26(21)36;1-40-25-15-18(8-11-23(25)33-27(36)21-16-20(31)9-10-22(21)30)28(37)35-14-13-29(17-19-5-2-3-6-24(19)35)12-4-7-26(29)34-41(32,38)39;1-40-26-14-18(6-9-24(26)33-27(36)22-15-20(31)7-8-23(22)30)28(37)35-13-12-29(16-19-4-2-3-5-25(19)35)11-10-21(17-29)34-41(32,38)39/h2-9,14-16H,10-13,17-18H2,1H3,(H2,34,37)(H,35,38);2-3,5-6,8-11,15-16,26,34H,4,7,12-14,17H2,1H3,(H,33,36)(H2,32,38,39);2-9,14-15,21,34H,10-13,16-17H2,1H3,(H,33,36)(H2,32,38,39)/t31-;;21-,29-/m1.0/s1. The number of hydrogen-bond acceptors (Lipinski definition) is 14. The molecule has 3 aliphatic carbocycles. The number of amides is 7. The van der Waals surface area contributed by atoms with Crippen molar-refractivity contribution in [2.75, 3.05) is 71.6 Å². The molecule has 6 aliphatic rings. The number of halogens is 6. The van der Waals surface area contributed by atoms with Crippen LogP contribution in [0.2, 0.25) is 15.1 Å². The highest BCUT2D eigenvalue weighted by atomic mass is 35.5. The molecule has 638 valence electrons. The first kappa shape index (κ1) is 88.6. The molecule has 0 radical (unpaired) electrons. The highest BCUT2D eigenvalue weighted by Gasteiger charge is 2.48. The van der Waals surface area contributed by atoms with Crippen LogP contribution in [-0.4, -0.2) is 111 Å². The molecule has 25 nitrogen and oxygen atoms in total. The third-order valence-corrected chi connectivity index (χ3v) is 25.9. The fourth-order valence-electron chi connectivity index (χ4n) is 17.8. The first-order valence-corrected chi connectivity index (χ1v) is 43.5. The Bertz CT molecular complexity index is 5900. The smallest absolute Gasteiger partial charge is 0.274 e. The lowest BCUT2D eigenvalue weighted by atomic mass is 9.75. The van der Waals surface area contributed by atoms with Crippen molar-refractivity contribution >= 4 is 131 Å². The second-order valence-corrected chi connectivity index (χ2v) is 35.3. The monoisotopic (exact) mass is 1760 g/mol. The van der Waals surface area contributed by atoms with E-state index in [2.05, 4.69) is 31.5 Å². The fourth-order valence-corrected chi connectivity index (χ4v) is 19.9. The molecule has 7 amide bonds. The van der Waals surface area contributed by atoms with E-state index >= 15 is 0 Å². The van der Waals surface area contributed by atoms with Gasteiger partial charge < -0.3 is 50.6 Å². The van der Waals surface area contributed by atoms with E-state index in [0.29, 0.717) is 92.6 Å². The number of primary amides is 1. The van der Waals surface area contributed by atoms with Crippen molar-refractivity contribution in [1.29, 1.82) is 0 Å². The van der Waals surface area contributed by atoms with Crippen LogP contribution in [0.1, 0.15) is 156 Å². The molecule has 5 atom stereocenters. The molecule has 3 fully saturated rings. The molecule has 3 heterocycles. The molecule has 0 saturated heterocycles. The number of allylic oxidation sites excluding steroid dienone is 1. The minimum atomic E-state index is -3.89. The molecule has 2 unspecified atom stereocenters. The predicted molar refractivity (Wildman–Crippen MR) is 463 cm³/mol. The average molecular weight is 1760 g/mol. The summed E-state index contributed by atoms with van der Waals surface area (Å²) in [5.41, 5.74) is 13.2. The normalized spacial score (nSPS) is 20.0. The summed E-state index contributed by atoms with van der Waals surface area (Å²) >= 11 is 18.2. The van der Waals surface area contributed by atoms with Crippen molar-refractivity contribution < 1.29 is 77.8 Å². The number of nitrogens with one attached hydrogen (secondary N) is 5. The third kappa shape index (κ3) is 20.6. The van der Waals surface area contributed by atoms with Crippen LogP contribution < -0.4 is 70.3 Å². The Kier molecular flexibility index (Phi) is 27.1. The fraction of sp³-hybridized carbons (Fsp3) is 0.292. The lowest BCUT2D eigenvalue weighted by Gasteiger charge is -2.35. The summed E-state index contributed by atoms with van der Waals surface area (Å²) in [6.07, 6.45) is 12.7. The van der Waals surface area contributed by atoms with E-state index in [1.807, 2.05) is 66.7 Å². The number of rotatable bonds is 17. The molecule has 0 bridgehead atoms. The van der Waals surface area contributed by atoms with Crippen LogP contribution in [0.4, 0.5) is 47.3 Å². The van der Waals surface area contributed by atoms with Gasteiger partial charge in [0, 0.05) is 71.5 Å². The topological polar surface area (TPSA) is 363 Å². The van der Waals surface area contributed by atoms with E-state index in [4.69, 9.17) is 65.0 Å². The van der Waals surface area contributed by atoms with Gasteiger partial charge in [0.25, 0.3) is 55.9 Å². The number of benzene rings is 9. The largest absolute Gasteiger partial charge is 0.495 e. The highest BCUT2D eigenvalue weighted by Crippen LogP contribution is 2.52. The Morgan fingerprint density at radius 2 is 0.836 bits per heavy atom. The number of nitrogens with zero attached hydrogens (tertiary/aromatic N) is 3. The van der Waals surface area contributed by atoms with Crippen molar-refractivity contribution in [2.24, 2.45) is 32.3 Å². The number of fused-ring (bicyclic) bond motifs is 3. The second-order valence-electron chi connectivity index (χ2n) is 31.5. The van der Waals surface area contributed by atoms with E-state index in [-0.39, 0.29) is 101 Å². The molecule has 0 aromatic heterocycles. The van der Waals surface area contributed by atoms with Gasteiger partial charge in [-0.25, -0.2) is 23.4 Å². The zero-order valence-corrected chi connectivity index (χ0v) is 70.6. The minimum Gasteiger partial charge on any atom is -0.495 e. The van der Waals surface area contributed by atoms with Gasteiger partial charge in [0.2, 0.25) is 5.91 Å². The van der Waals surface area contributed by atoms with Gasteiger partial charge in [-0.05, 0) is 250 Å². The Balaban J connectivity index is 0.000000158. The third-order valence-electron chi connectivity index (χ3n) is 23.6. The van der Waals surface area contributed by atoms with Crippen LogP contribution in [0.3, 0.4) is 0 Å². The van der Waals surface area contributed by atoms with Crippen molar-refractivity contribution in [3.8, 4) is 17.2 Å². The molecule has 11 N–H and O–H groups in total. The van der Waals surface area contributed by atoms with Gasteiger partial charge in [-0.15, -0.1) is 0 Å². The van der Waals surface area contributed by atoms with Gasteiger partial charge in [0.05, 0.1) is 70.1 Å². The van der Waals surface area contributed by atoms with Gasteiger partial charge in [0.1, 0.15) is 34.7 Å². The Labute approximate surface area is 719 Å². The number of para-hydroxylation sites is 3. The summed E-state index contributed by atoms with van der Waals surface area (Å²) in [5.74, 6) is -3.99. The summed E-state index contributed by atoms with van der Waals surface area (Å²) in [5, 5.41) is 18.9. The zero-order valence-electron chi connectivity index (χ0n) is 66.7. The van der Waals surface area contributed by atoms with Crippen molar-refractivity contribution in [1.82, 2.24) is 9.44 Å². The van der Waals surface area contributed by atoms with E-state index in [9.17, 15) is 63.6 Å². The number of anilines is 6. The summed E-state index contributed by atoms with van der Waals surface area (Å²) < 4.78 is 110. The maximum Gasteiger partial charge on any atom is 0.274 e. The minimum absolute atomic E-state index is 0.0141. The lowest BCUT2D eigenvalue weighted by Crippen LogP contribution is -2.48. The summed E-state index contributed by atoms with van der Waals surface area (Å²) in [6.45, 7) is 1.33. The van der Waals surface area contributed by atoms with Gasteiger partial charge in [-0.1, -0.05) is 101 Å². The summed E-state index contributed by atoms with van der Waals surface area (Å²) in [6, 6.07) is 47.4. The van der Waals surface area contributed by atoms with E-state index in [0.717, 1.165) is 121 Å². The first-order chi connectivity index (χ1) is 58.1. The molecule has 3 saturated carbocycles. The molecule has 3 aliphatic heterocycles. The first-order valence-electron chi connectivity index (χ1n) is 39.3.